The van der Waals surface area contributed by atoms with Crippen molar-refractivity contribution in [2.45, 2.75) is 25.4 Å². The molecule has 1 aromatic carbocycles. The number of hydrogen-bond acceptors (Lipinski definition) is 6. The van der Waals surface area contributed by atoms with Crippen molar-refractivity contribution in [3.05, 3.63) is 24.3 Å². The molecule has 2 heterocycles. The third-order valence-corrected chi connectivity index (χ3v) is 4.09. The second kappa shape index (κ2) is 7.57. The molecule has 0 aliphatic carbocycles. The van der Waals surface area contributed by atoms with Crippen LogP contribution in [0.4, 0.5) is 11.6 Å². The lowest BCUT2D eigenvalue weighted by Gasteiger charge is -2.21. The van der Waals surface area contributed by atoms with E-state index < -0.39 is 6.10 Å². The van der Waals surface area contributed by atoms with Crippen molar-refractivity contribution < 1.29 is 9.84 Å². The van der Waals surface area contributed by atoms with Crippen molar-refractivity contribution in [2.75, 3.05) is 43.6 Å². The third-order valence-electron chi connectivity index (χ3n) is 4.09. The number of rotatable bonds is 7. The van der Waals surface area contributed by atoms with E-state index in [1.54, 1.807) is 7.11 Å². The minimum Gasteiger partial charge on any atom is -0.391 e. The van der Waals surface area contributed by atoms with Gasteiger partial charge in [-0.3, -0.25) is 0 Å². The highest BCUT2D eigenvalue weighted by molar-refractivity contribution is 5.80. The van der Waals surface area contributed by atoms with E-state index in [0.29, 0.717) is 19.6 Å². The van der Waals surface area contributed by atoms with Gasteiger partial charge in [0, 0.05) is 26.7 Å². The standard InChI is InChI=1S/C17H24N4O2/c1-23-12-13(22)8-9-18-16-17(21-10-4-5-11-21)20-15-7-3-2-6-14(15)19-16/h2-3,6-7,13,22H,4-5,8-12H2,1H3,(H,18,19). The van der Waals surface area contributed by atoms with Crippen LogP contribution in [0.1, 0.15) is 19.3 Å². The zero-order valence-corrected chi connectivity index (χ0v) is 13.5. The van der Waals surface area contributed by atoms with Gasteiger partial charge in [0.05, 0.1) is 23.7 Å². The van der Waals surface area contributed by atoms with E-state index in [4.69, 9.17) is 14.7 Å². The normalized spacial score (nSPS) is 16.0. The quantitative estimate of drug-likeness (QED) is 0.814. The number of anilines is 2. The molecule has 1 aliphatic rings. The Morgan fingerprint density at radius 1 is 1.22 bits per heavy atom. The molecule has 6 nitrogen and oxygen atoms in total. The highest BCUT2D eigenvalue weighted by atomic mass is 16.5. The largest absolute Gasteiger partial charge is 0.391 e. The second-order valence-corrected chi connectivity index (χ2v) is 5.90. The minimum absolute atomic E-state index is 0.351. The fraction of sp³-hybridized carbons (Fsp3) is 0.529. The molecule has 0 saturated carbocycles. The fourth-order valence-corrected chi connectivity index (χ4v) is 2.89. The first-order chi connectivity index (χ1) is 11.3. The van der Waals surface area contributed by atoms with Crippen LogP contribution in [0, 0.1) is 0 Å². The summed E-state index contributed by atoms with van der Waals surface area (Å²) in [5.74, 6) is 1.72. The SMILES string of the molecule is COCC(O)CCNc1nc2ccccc2nc1N1CCCC1. The van der Waals surface area contributed by atoms with Gasteiger partial charge in [-0.15, -0.1) is 0 Å². The summed E-state index contributed by atoms with van der Waals surface area (Å²) in [5, 5.41) is 13.1. The molecule has 0 radical (unpaired) electrons. The summed E-state index contributed by atoms with van der Waals surface area (Å²) in [7, 11) is 1.59. The van der Waals surface area contributed by atoms with Gasteiger partial charge >= 0.3 is 0 Å². The Labute approximate surface area is 136 Å². The van der Waals surface area contributed by atoms with Crippen LogP contribution in [0.25, 0.3) is 11.0 Å². The molecule has 6 heteroatoms. The average Bonchev–Trinajstić information content (AvgIpc) is 3.09. The molecule has 1 saturated heterocycles. The molecule has 1 atom stereocenters. The topological polar surface area (TPSA) is 70.5 Å². The van der Waals surface area contributed by atoms with E-state index in [1.807, 2.05) is 24.3 Å². The Bertz CT molecular complexity index is 644. The number of fused-ring (bicyclic) bond motifs is 1. The van der Waals surface area contributed by atoms with Crippen LogP contribution in [0.3, 0.4) is 0 Å². The molecule has 1 aromatic heterocycles. The van der Waals surface area contributed by atoms with E-state index in [1.165, 1.54) is 12.8 Å². The molecule has 0 bridgehead atoms. The molecular weight excluding hydrogens is 292 g/mol. The number of ether oxygens (including phenoxy) is 1. The number of para-hydroxylation sites is 2. The average molecular weight is 316 g/mol. The number of methoxy groups -OCH3 is 1. The highest BCUT2D eigenvalue weighted by Gasteiger charge is 2.19. The van der Waals surface area contributed by atoms with Crippen LogP contribution >= 0.6 is 0 Å². The first-order valence-electron chi connectivity index (χ1n) is 8.20. The highest BCUT2D eigenvalue weighted by Crippen LogP contribution is 2.27. The number of hydrogen-bond donors (Lipinski definition) is 2. The van der Waals surface area contributed by atoms with Gasteiger partial charge in [-0.2, -0.15) is 0 Å². The lowest BCUT2D eigenvalue weighted by molar-refractivity contribution is 0.0615. The van der Waals surface area contributed by atoms with Gasteiger partial charge in [-0.05, 0) is 31.4 Å². The molecule has 1 aliphatic heterocycles. The number of nitrogens with zero attached hydrogens (tertiary/aromatic N) is 3. The van der Waals surface area contributed by atoms with Gasteiger partial charge < -0.3 is 20.1 Å². The van der Waals surface area contributed by atoms with Crippen molar-refractivity contribution in [2.24, 2.45) is 0 Å². The van der Waals surface area contributed by atoms with Crippen LogP contribution in [0.15, 0.2) is 24.3 Å². The van der Waals surface area contributed by atoms with Gasteiger partial charge in [0.2, 0.25) is 0 Å². The zero-order chi connectivity index (χ0) is 16.1. The summed E-state index contributed by atoms with van der Waals surface area (Å²) in [6.07, 6.45) is 2.54. The summed E-state index contributed by atoms with van der Waals surface area (Å²) in [5.41, 5.74) is 1.80. The number of aliphatic hydroxyl groups excluding tert-OH is 1. The number of benzene rings is 1. The van der Waals surface area contributed by atoms with Crippen LogP contribution in [0.5, 0.6) is 0 Å². The molecule has 124 valence electrons. The zero-order valence-electron chi connectivity index (χ0n) is 13.5. The molecule has 2 aromatic rings. The monoisotopic (exact) mass is 316 g/mol. The lowest BCUT2D eigenvalue weighted by Crippen LogP contribution is -2.23. The maximum Gasteiger partial charge on any atom is 0.172 e. The van der Waals surface area contributed by atoms with E-state index >= 15 is 0 Å². The van der Waals surface area contributed by atoms with Gasteiger partial charge in [-0.25, -0.2) is 9.97 Å². The maximum atomic E-state index is 9.77. The summed E-state index contributed by atoms with van der Waals surface area (Å²) in [6.45, 7) is 3.03. The third kappa shape index (κ3) is 3.89. The molecular formula is C17H24N4O2. The van der Waals surface area contributed by atoms with Crippen molar-refractivity contribution >= 4 is 22.7 Å². The molecule has 0 amide bonds. The van der Waals surface area contributed by atoms with E-state index in [2.05, 4.69) is 10.2 Å². The van der Waals surface area contributed by atoms with Gasteiger partial charge in [-0.1, -0.05) is 12.1 Å². The molecule has 2 N–H and O–H groups in total. The van der Waals surface area contributed by atoms with Crippen molar-refractivity contribution in [1.82, 2.24) is 9.97 Å². The van der Waals surface area contributed by atoms with Crippen molar-refractivity contribution in [1.29, 1.82) is 0 Å². The number of aliphatic hydroxyl groups is 1. The predicted octanol–water partition coefficient (Wildman–Crippen LogP) is 2.04. The van der Waals surface area contributed by atoms with Crippen LogP contribution in [-0.4, -0.2) is 54.5 Å². The van der Waals surface area contributed by atoms with Gasteiger partial charge in [0.25, 0.3) is 0 Å². The maximum absolute atomic E-state index is 9.77. The summed E-state index contributed by atoms with van der Waals surface area (Å²) < 4.78 is 4.96. The van der Waals surface area contributed by atoms with Gasteiger partial charge in [0.15, 0.2) is 11.6 Å². The van der Waals surface area contributed by atoms with Gasteiger partial charge in [0.1, 0.15) is 0 Å². The summed E-state index contributed by atoms with van der Waals surface area (Å²) in [4.78, 5) is 11.8. The number of aromatic nitrogens is 2. The minimum atomic E-state index is -0.462. The Morgan fingerprint density at radius 2 is 1.91 bits per heavy atom. The first-order valence-corrected chi connectivity index (χ1v) is 8.20. The van der Waals surface area contributed by atoms with Crippen LogP contribution in [-0.2, 0) is 4.74 Å². The number of nitrogens with one attached hydrogen (secondary N) is 1. The van der Waals surface area contributed by atoms with E-state index in [0.717, 1.165) is 35.8 Å². The Balaban J connectivity index is 1.79. The van der Waals surface area contributed by atoms with Crippen LogP contribution in [0.2, 0.25) is 0 Å². The van der Waals surface area contributed by atoms with Crippen LogP contribution < -0.4 is 10.2 Å². The first kappa shape index (κ1) is 16.0. The van der Waals surface area contributed by atoms with Crippen molar-refractivity contribution in [3.63, 3.8) is 0 Å². The summed E-state index contributed by atoms with van der Waals surface area (Å²) in [6, 6.07) is 7.92. The Morgan fingerprint density at radius 3 is 2.61 bits per heavy atom. The van der Waals surface area contributed by atoms with E-state index in [-0.39, 0.29) is 0 Å². The lowest BCUT2D eigenvalue weighted by atomic mass is 10.2. The smallest absolute Gasteiger partial charge is 0.172 e. The molecule has 0 spiro atoms. The Hall–Kier alpha value is -1.92. The fourth-order valence-electron chi connectivity index (χ4n) is 2.89. The van der Waals surface area contributed by atoms with Crippen molar-refractivity contribution in [3.8, 4) is 0 Å². The summed E-state index contributed by atoms with van der Waals surface area (Å²) >= 11 is 0. The molecule has 3 rings (SSSR count). The Kier molecular flexibility index (Phi) is 5.25. The molecule has 23 heavy (non-hydrogen) atoms. The predicted molar refractivity (Wildman–Crippen MR) is 92.0 cm³/mol. The second-order valence-electron chi connectivity index (χ2n) is 5.90. The van der Waals surface area contributed by atoms with E-state index in [9.17, 15) is 5.11 Å². The molecule has 1 unspecified atom stereocenters. The molecule has 1 fully saturated rings.